The van der Waals surface area contributed by atoms with Gasteiger partial charge < -0.3 is 0 Å². The first-order valence-corrected chi connectivity index (χ1v) is 10.3. The highest BCUT2D eigenvalue weighted by molar-refractivity contribution is 6.11. The second-order valence-electron chi connectivity index (χ2n) is 7.28. The van der Waals surface area contributed by atoms with Crippen LogP contribution in [-0.4, -0.2) is 11.6 Å². The van der Waals surface area contributed by atoms with E-state index in [0.717, 1.165) is 0 Å². The quantitative estimate of drug-likeness (QED) is 0.270. The molecule has 0 saturated carbocycles. The minimum atomic E-state index is -1.43. The van der Waals surface area contributed by atoms with Gasteiger partial charge in [0.1, 0.15) is 0 Å². The summed E-state index contributed by atoms with van der Waals surface area (Å²) in [7, 11) is 0. The van der Waals surface area contributed by atoms with E-state index in [2.05, 4.69) is 0 Å². The van der Waals surface area contributed by atoms with E-state index in [0.29, 0.717) is 16.7 Å². The first-order chi connectivity index (χ1) is 16.1. The molecule has 0 saturated heterocycles. The van der Waals surface area contributed by atoms with Crippen LogP contribution < -0.4 is 0 Å². The van der Waals surface area contributed by atoms with E-state index in [9.17, 15) is 25.4 Å². The number of nitrogens with zero attached hydrogens (tertiary/aromatic N) is 3. The number of ketones is 2. The van der Waals surface area contributed by atoms with Gasteiger partial charge in [-0.2, -0.15) is 15.8 Å². The van der Waals surface area contributed by atoms with Crippen molar-refractivity contribution >= 4 is 11.6 Å². The van der Waals surface area contributed by atoms with E-state index in [1.807, 2.05) is 6.07 Å². The van der Waals surface area contributed by atoms with Crippen molar-refractivity contribution in [2.24, 2.45) is 5.92 Å². The van der Waals surface area contributed by atoms with Crippen molar-refractivity contribution in [3.8, 4) is 18.2 Å². The number of Topliss-reactive ketones (excluding diaryl/α,β-unsaturated/α-hetero) is 2. The second-order valence-corrected chi connectivity index (χ2v) is 7.28. The van der Waals surface area contributed by atoms with Crippen molar-refractivity contribution in [3.63, 3.8) is 0 Å². The molecule has 0 aromatic heterocycles. The molecular weight excluding hydrogens is 410 g/mol. The van der Waals surface area contributed by atoms with Crippen LogP contribution in [0, 0.1) is 39.9 Å². The number of carbonyl (C=O) groups is 2. The number of allylic oxidation sites excluding steroid dienone is 2. The van der Waals surface area contributed by atoms with Crippen LogP contribution in [0.5, 0.6) is 0 Å². The number of rotatable bonds is 8. The zero-order valence-electron chi connectivity index (χ0n) is 17.7. The van der Waals surface area contributed by atoms with Gasteiger partial charge >= 0.3 is 0 Å². The highest BCUT2D eigenvalue weighted by Crippen LogP contribution is 2.35. The molecule has 0 aliphatic heterocycles. The average Bonchev–Trinajstić information content (AvgIpc) is 2.89. The fraction of sp³-hybridized carbons (Fsp3) is 0.107. The fourth-order valence-electron chi connectivity index (χ4n) is 3.65. The molecule has 0 N–H and O–H groups in total. The van der Waals surface area contributed by atoms with E-state index in [1.165, 1.54) is 0 Å². The van der Waals surface area contributed by atoms with Crippen LogP contribution in [0.15, 0.2) is 102 Å². The molecule has 5 heteroatoms. The summed E-state index contributed by atoms with van der Waals surface area (Å²) in [6.45, 7) is 0. The molecule has 3 aromatic carbocycles. The van der Waals surface area contributed by atoms with Gasteiger partial charge in [0.05, 0.1) is 23.8 Å². The summed E-state index contributed by atoms with van der Waals surface area (Å²) < 4.78 is 0. The molecule has 0 amide bonds. The van der Waals surface area contributed by atoms with Crippen LogP contribution in [0.1, 0.15) is 38.6 Å². The monoisotopic (exact) mass is 429 g/mol. The Kier molecular flexibility index (Phi) is 7.63. The molecule has 3 rings (SSSR count). The van der Waals surface area contributed by atoms with Crippen molar-refractivity contribution in [2.75, 3.05) is 0 Å². The first-order valence-electron chi connectivity index (χ1n) is 10.3. The number of nitriles is 3. The molecule has 0 bridgehead atoms. The lowest BCUT2D eigenvalue weighted by molar-refractivity contribution is 0.0971. The zero-order chi connectivity index (χ0) is 23.6. The van der Waals surface area contributed by atoms with Gasteiger partial charge in [0.15, 0.2) is 17.5 Å². The molecule has 0 radical (unpaired) electrons. The number of carbonyl (C=O) groups excluding carboxylic acids is 2. The van der Waals surface area contributed by atoms with E-state index >= 15 is 0 Å². The van der Waals surface area contributed by atoms with Gasteiger partial charge in [-0.3, -0.25) is 9.59 Å². The van der Waals surface area contributed by atoms with Crippen molar-refractivity contribution < 1.29 is 9.59 Å². The molecule has 158 valence electrons. The summed E-state index contributed by atoms with van der Waals surface area (Å²) in [6.07, 6.45) is -0.101. The van der Waals surface area contributed by atoms with Crippen molar-refractivity contribution in [2.45, 2.75) is 12.3 Å². The summed E-state index contributed by atoms with van der Waals surface area (Å²) >= 11 is 0. The Morgan fingerprint density at radius 2 is 1.18 bits per heavy atom. The van der Waals surface area contributed by atoms with Gasteiger partial charge in [-0.15, -0.1) is 0 Å². The van der Waals surface area contributed by atoms with Crippen LogP contribution in [-0.2, 0) is 0 Å². The van der Waals surface area contributed by atoms with Crippen LogP contribution in [0.4, 0.5) is 0 Å². The van der Waals surface area contributed by atoms with E-state index in [-0.39, 0.29) is 23.4 Å². The van der Waals surface area contributed by atoms with Gasteiger partial charge in [-0.05, 0) is 5.56 Å². The van der Waals surface area contributed by atoms with Crippen LogP contribution in [0.3, 0.4) is 0 Å². The number of hydrogen-bond acceptors (Lipinski definition) is 5. The predicted octanol–water partition coefficient (Wildman–Crippen LogP) is 5.41. The van der Waals surface area contributed by atoms with Gasteiger partial charge in [-0.1, -0.05) is 91.0 Å². The Morgan fingerprint density at radius 3 is 1.67 bits per heavy atom. The average molecular weight is 429 g/mol. The van der Waals surface area contributed by atoms with Gasteiger partial charge in [-0.25, -0.2) is 0 Å². The molecule has 33 heavy (non-hydrogen) atoms. The zero-order valence-corrected chi connectivity index (χ0v) is 17.7. The summed E-state index contributed by atoms with van der Waals surface area (Å²) in [5, 5.41) is 28.9. The summed E-state index contributed by atoms with van der Waals surface area (Å²) in [5.41, 5.74) is 1.18. The topological polar surface area (TPSA) is 106 Å². The van der Waals surface area contributed by atoms with E-state index in [4.69, 9.17) is 0 Å². The third-order valence-corrected chi connectivity index (χ3v) is 5.27. The lowest BCUT2D eigenvalue weighted by Gasteiger charge is -2.22. The third kappa shape index (κ3) is 5.28. The molecule has 3 aromatic rings. The molecule has 0 aliphatic carbocycles. The highest BCUT2D eigenvalue weighted by Gasteiger charge is 2.32. The fourth-order valence-corrected chi connectivity index (χ4v) is 3.65. The Hall–Kier alpha value is -4.79. The molecule has 1 unspecified atom stereocenters. The van der Waals surface area contributed by atoms with E-state index in [1.54, 1.807) is 103 Å². The highest BCUT2D eigenvalue weighted by atomic mass is 16.1. The van der Waals surface area contributed by atoms with Crippen molar-refractivity contribution in [1.82, 2.24) is 0 Å². The lowest BCUT2D eigenvalue weighted by atomic mass is 9.78. The Labute approximate surface area is 192 Å². The number of benzene rings is 3. The van der Waals surface area contributed by atoms with Gasteiger partial charge in [0, 0.05) is 29.0 Å². The second kappa shape index (κ2) is 11.0. The largest absolute Gasteiger partial charge is 0.294 e. The molecule has 5 nitrogen and oxygen atoms in total. The van der Waals surface area contributed by atoms with Crippen molar-refractivity contribution in [1.29, 1.82) is 15.8 Å². The first kappa shape index (κ1) is 22.9. The third-order valence-electron chi connectivity index (χ3n) is 5.27. The maximum atomic E-state index is 13.7. The molecule has 0 spiro atoms. The molecule has 0 heterocycles. The summed E-state index contributed by atoms with van der Waals surface area (Å²) in [4.78, 5) is 26.8. The molecule has 0 fully saturated rings. The Balaban J connectivity index is 2.25. The van der Waals surface area contributed by atoms with Gasteiger partial charge in [0.2, 0.25) is 0 Å². The summed E-state index contributed by atoms with van der Waals surface area (Å²) in [6, 6.07) is 31.4. The van der Waals surface area contributed by atoms with Crippen LogP contribution in [0.2, 0.25) is 0 Å². The minimum Gasteiger partial charge on any atom is -0.294 e. The standard InChI is InChI=1S/C28H19N3O2/c29-17-23(18-30)25(19-31)27(28(33)22-14-8-3-9-15-22)24(20-10-4-1-5-11-20)16-26(32)21-12-6-2-7-13-21/h1-15,23-24H,16H2/b27-25-. The summed E-state index contributed by atoms with van der Waals surface area (Å²) in [5.74, 6) is -2.95. The SMILES string of the molecule is N#C/C(=C(/C(=O)c1ccccc1)C(CC(=O)c1ccccc1)c1ccccc1)C(C#N)C#N. The Bertz CT molecular complexity index is 1280. The lowest BCUT2D eigenvalue weighted by Crippen LogP contribution is -2.20. The van der Waals surface area contributed by atoms with Crippen molar-refractivity contribution in [3.05, 3.63) is 119 Å². The van der Waals surface area contributed by atoms with E-state index < -0.39 is 17.6 Å². The smallest absolute Gasteiger partial charge is 0.190 e. The van der Waals surface area contributed by atoms with Crippen LogP contribution in [0.25, 0.3) is 0 Å². The normalized spacial score (nSPS) is 11.9. The van der Waals surface area contributed by atoms with Crippen LogP contribution >= 0.6 is 0 Å². The predicted molar refractivity (Wildman–Crippen MR) is 123 cm³/mol. The maximum absolute atomic E-state index is 13.7. The minimum absolute atomic E-state index is 0.00715. The molecule has 0 aliphatic rings. The van der Waals surface area contributed by atoms with Gasteiger partial charge in [0.25, 0.3) is 0 Å². The molecular formula is C28H19N3O2. The maximum Gasteiger partial charge on any atom is 0.190 e. The Morgan fingerprint density at radius 1 is 0.697 bits per heavy atom. The number of hydrogen-bond donors (Lipinski definition) is 0. The molecule has 1 atom stereocenters.